The lowest BCUT2D eigenvalue weighted by Crippen LogP contribution is -2.17. The summed E-state index contributed by atoms with van der Waals surface area (Å²) < 4.78 is 0. The first kappa shape index (κ1) is 11.8. The lowest BCUT2D eigenvalue weighted by Gasteiger charge is -2.17. The van der Waals surface area contributed by atoms with Crippen molar-refractivity contribution < 1.29 is 0 Å². The van der Waals surface area contributed by atoms with Gasteiger partial charge in [0.25, 0.3) is 0 Å². The zero-order chi connectivity index (χ0) is 11.3. The van der Waals surface area contributed by atoms with Gasteiger partial charge in [0.15, 0.2) is 0 Å². The van der Waals surface area contributed by atoms with Gasteiger partial charge in [-0.1, -0.05) is 18.2 Å². The Hall–Kier alpha value is -1.26. The molecule has 0 aromatic heterocycles. The standard InChI is InChI=1S/C14H19N/c1-5-6-10-14(15-4)13-9-7-8-11(2)12(13)3/h7-9,14-15H,10H2,1-4H3. The minimum atomic E-state index is 0.345. The Morgan fingerprint density at radius 1 is 1.33 bits per heavy atom. The van der Waals surface area contributed by atoms with E-state index in [4.69, 9.17) is 0 Å². The van der Waals surface area contributed by atoms with Crippen molar-refractivity contribution in [3.05, 3.63) is 34.9 Å². The first-order valence-electron chi connectivity index (χ1n) is 5.33. The third-order valence-electron chi connectivity index (χ3n) is 2.85. The fourth-order valence-corrected chi connectivity index (χ4v) is 1.72. The first-order chi connectivity index (χ1) is 7.20. The molecule has 0 amide bonds. The van der Waals surface area contributed by atoms with E-state index in [1.165, 1.54) is 16.7 Å². The van der Waals surface area contributed by atoms with Crippen molar-refractivity contribution in [2.45, 2.75) is 33.2 Å². The van der Waals surface area contributed by atoms with Gasteiger partial charge in [0.05, 0.1) is 0 Å². The monoisotopic (exact) mass is 201 g/mol. The van der Waals surface area contributed by atoms with Crippen molar-refractivity contribution in [3.63, 3.8) is 0 Å². The lowest BCUT2D eigenvalue weighted by atomic mass is 9.96. The fourth-order valence-electron chi connectivity index (χ4n) is 1.72. The van der Waals surface area contributed by atoms with Crippen molar-refractivity contribution in [2.75, 3.05) is 7.05 Å². The molecule has 1 aromatic carbocycles. The highest BCUT2D eigenvalue weighted by atomic mass is 14.9. The van der Waals surface area contributed by atoms with Crippen molar-refractivity contribution in [3.8, 4) is 11.8 Å². The number of rotatable bonds is 3. The van der Waals surface area contributed by atoms with Crippen molar-refractivity contribution in [1.82, 2.24) is 5.32 Å². The summed E-state index contributed by atoms with van der Waals surface area (Å²) in [6, 6.07) is 6.79. The van der Waals surface area contributed by atoms with E-state index in [1.807, 2.05) is 14.0 Å². The number of benzene rings is 1. The molecule has 0 bridgehead atoms. The molecule has 0 saturated heterocycles. The molecule has 15 heavy (non-hydrogen) atoms. The van der Waals surface area contributed by atoms with Gasteiger partial charge in [-0.25, -0.2) is 0 Å². The third-order valence-corrected chi connectivity index (χ3v) is 2.85. The van der Waals surface area contributed by atoms with Crippen LogP contribution in [0.3, 0.4) is 0 Å². The van der Waals surface area contributed by atoms with E-state index in [9.17, 15) is 0 Å². The molecule has 0 aliphatic carbocycles. The molecular weight excluding hydrogens is 182 g/mol. The molecule has 0 saturated carbocycles. The highest BCUT2D eigenvalue weighted by Gasteiger charge is 2.10. The molecule has 1 atom stereocenters. The van der Waals surface area contributed by atoms with Crippen molar-refractivity contribution in [1.29, 1.82) is 0 Å². The summed E-state index contributed by atoms with van der Waals surface area (Å²) in [5.74, 6) is 6.08. The average molecular weight is 201 g/mol. The van der Waals surface area contributed by atoms with Crippen LogP contribution >= 0.6 is 0 Å². The Labute approximate surface area is 92.9 Å². The SMILES string of the molecule is CC#CCC(NC)c1cccc(C)c1C. The molecule has 80 valence electrons. The van der Waals surface area contributed by atoms with Gasteiger partial charge in [-0.15, -0.1) is 11.8 Å². The first-order valence-corrected chi connectivity index (χ1v) is 5.33. The van der Waals surface area contributed by atoms with E-state index >= 15 is 0 Å². The molecule has 0 aliphatic heterocycles. The van der Waals surface area contributed by atoms with E-state index < -0.39 is 0 Å². The molecule has 0 spiro atoms. The van der Waals surface area contributed by atoms with Crippen molar-refractivity contribution >= 4 is 0 Å². The number of aryl methyl sites for hydroxylation is 1. The Balaban J connectivity index is 2.99. The lowest BCUT2D eigenvalue weighted by molar-refractivity contribution is 0.607. The predicted octanol–water partition coefficient (Wildman–Crippen LogP) is 2.98. The quantitative estimate of drug-likeness (QED) is 0.741. The zero-order valence-corrected chi connectivity index (χ0v) is 10.0. The van der Waals surface area contributed by atoms with Crippen LogP contribution in [0.2, 0.25) is 0 Å². The summed E-state index contributed by atoms with van der Waals surface area (Å²) >= 11 is 0. The molecule has 1 aromatic rings. The summed E-state index contributed by atoms with van der Waals surface area (Å²) in [6.45, 7) is 6.21. The Morgan fingerprint density at radius 2 is 2.07 bits per heavy atom. The molecular formula is C14H19N. The van der Waals surface area contributed by atoms with E-state index in [0.717, 1.165) is 6.42 Å². The number of nitrogens with one attached hydrogen (secondary N) is 1. The van der Waals surface area contributed by atoms with Gasteiger partial charge in [0.1, 0.15) is 0 Å². The van der Waals surface area contributed by atoms with Crippen molar-refractivity contribution in [2.24, 2.45) is 0 Å². The van der Waals surface area contributed by atoms with Crippen LogP contribution in [0, 0.1) is 25.7 Å². The predicted molar refractivity (Wildman–Crippen MR) is 65.8 cm³/mol. The van der Waals surface area contributed by atoms with Crippen LogP contribution in [0.25, 0.3) is 0 Å². The zero-order valence-electron chi connectivity index (χ0n) is 10.0. The molecule has 1 heteroatoms. The van der Waals surface area contributed by atoms with Gasteiger partial charge in [-0.3, -0.25) is 0 Å². The van der Waals surface area contributed by atoms with Gasteiger partial charge in [0.2, 0.25) is 0 Å². The maximum atomic E-state index is 3.32. The molecule has 1 N–H and O–H groups in total. The van der Waals surface area contributed by atoms with Crippen LogP contribution < -0.4 is 5.32 Å². The number of hydrogen-bond donors (Lipinski definition) is 1. The molecule has 0 aliphatic rings. The van der Waals surface area contributed by atoms with E-state index in [-0.39, 0.29) is 0 Å². The second kappa shape index (κ2) is 5.58. The van der Waals surface area contributed by atoms with Crippen LogP contribution in [0.1, 0.15) is 36.1 Å². The highest BCUT2D eigenvalue weighted by Crippen LogP contribution is 2.22. The minimum absolute atomic E-state index is 0.345. The van der Waals surface area contributed by atoms with E-state index in [1.54, 1.807) is 0 Å². The largest absolute Gasteiger partial charge is 0.312 e. The molecule has 0 radical (unpaired) electrons. The van der Waals surface area contributed by atoms with E-state index in [2.05, 4.69) is 49.2 Å². The maximum absolute atomic E-state index is 3.32. The Kier molecular flexibility index (Phi) is 4.39. The molecule has 0 fully saturated rings. The summed E-state index contributed by atoms with van der Waals surface area (Å²) in [5, 5.41) is 3.32. The Morgan fingerprint density at radius 3 is 2.67 bits per heavy atom. The minimum Gasteiger partial charge on any atom is -0.312 e. The highest BCUT2D eigenvalue weighted by molar-refractivity contribution is 5.35. The molecule has 1 unspecified atom stereocenters. The number of hydrogen-bond acceptors (Lipinski definition) is 1. The smallest absolute Gasteiger partial charge is 0.0431 e. The van der Waals surface area contributed by atoms with Gasteiger partial charge in [0, 0.05) is 12.5 Å². The van der Waals surface area contributed by atoms with Gasteiger partial charge < -0.3 is 5.32 Å². The van der Waals surface area contributed by atoms with Crippen LogP contribution in [-0.4, -0.2) is 7.05 Å². The summed E-state index contributed by atoms with van der Waals surface area (Å²) in [5.41, 5.74) is 4.08. The summed E-state index contributed by atoms with van der Waals surface area (Å²) in [4.78, 5) is 0. The third kappa shape index (κ3) is 2.84. The van der Waals surface area contributed by atoms with Crippen LogP contribution in [0.4, 0.5) is 0 Å². The fraction of sp³-hybridized carbons (Fsp3) is 0.429. The van der Waals surface area contributed by atoms with E-state index in [0.29, 0.717) is 6.04 Å². The second-order valence-electron chi connectivity index (χ2n) is 3.76. The summed E-state index contributed by atoms with van der Waals surface area (Å²) in [7, 11) is 1.99. The van der Waals surface area contributed by atoms with Gasteiger partial charge >= 0.3 is 0 Å². The Bertz CT molecular complexity index is 382. The second-order valence-corrected chi connectivity index (χ2v) is 3.76. The summed E-state index contributed by atoms with van der Waals surface area (Å²) in [6.07, 6.45) is 0.872. The topological polar surface area (TPSA) is 12.0 Å². The van der Waals surface area contributed by atoms with Gasteiger partial charge in [-0.2, -0.15) is 0 Å². The molecule has 0 heterocycles. The molecule has 1 nitrogen and oxygen atoms in total. The maximum Gasteiger partial charge on any atom is 0.0431 e. The molecule has 1 rings (SSSR count). The van der Waals surface area contributed by atoms with Crippen LogP contribution in [0.5, 0.6) is 0 Å². The van der Waals surface area contributed by atoms with Crippen LogP contribution in [0.15, 0.2) is 18.2 Å². The average Bonchev–Trinajstić information content (AvgIpc) is 2.25. The van der Waals surface area contributed by atoms with Crippen LogP contribution in [-0.2, 0) is 0 Å². The van der Waals surface area contributed by atoms with Gasteiger partial charge in [-0.05, 0) is 44.5 Å². The normalized spacial score (nSPS) is 11.7.